The maximum Gasteiger partial charge on any atom is 0.254 e. The normalized spacial score (nSPS) is 23.6. The second-order valence-electron chi connectivity index (χ2n) is 10.9. The molecule has 1 aliphatic heterocycles. The summed E-state index contributed by atoms with van der Waals surface area (Å²) in [6.45, 7) is 8.94. The summed E-state index contributed by atoms with van der Waals surface area (Å²) in [4.78, 5) is 32.3. The number of aromatic nitrogens is 2. The molecule has 6 nitrogen and oxygen atoms in total. The van der Waals surface area contributed by atoms with Gasteiger partial charge in [-0.2, -0.15) is 0 Å². The van der Waals surface area contributed by atoms with Crippen molar-refractivity contribution in [3.63, 3.8) is 0 Å². The van der Waals surface area contributed by atoms with Gasteiger partial charge in [0.25, 0.3) is 11.8 Å². The van der Waals surface area contributed by atoms with Crippen molar-refractivity contribution in [2.24, 2.45) is 10.8 Å². The van der Waals surface area contributed by atoms with Crippen LogP contribution in [0.5, 0.6) is 0 Å². The van der Waals surface area contributed by atoms with Gasteiger partial charge in [-0.1, -0.05) is 39.0 Å². The van der Waals surface area contributed by atoms with E-state index in [0.29, 0.717) is 30.3 Å². The average molecular weight is 445 g/mol. The van der Waals surface area contributed by atoms with Crippen LogP contribution in [0.2, 0.25) is 0 Å². The lowest BCUT2D eigenvalue weighted by Crippen LogP contribution is -2.37. The standard InChI is InChI=1S/C27H32N4O2/c1-26(2)14-21-15-27(3,16-26)17-31(21)25(33)20-9-10-23-22(13-20)29-18-30(23)12-11-28-24(32)19-7-5-4-6-8-19/h4-10,13,18,21H,11-12,14-17H2,1-3H3,(H,28,32). The lowest BCUT2D eigenvalue weighted by molar-refractivity contribution is 0.0708. The van der Waals surface area contributed by atoms with E-state index < -0.39 is 0 Å². The number of carbonyl (C=O) groups excluding carboxylic acids is 2. The second-order valence-corrected chi connectivity index (χ2v) is 10.9. The van der Waals surface area contributed by atoms with E-state index >= 15 is 0 Å². The van der Waals surface area contributed by atoms with Crippen molar-refractivity contribution in [1.29, 1.82) is 0 Å². The smallest absolute Gasteiger partial charge is 0.254 e. The van der Waals surface area contributed by atoms with Crippen LogP contribution >= 0.6 is 0 Å². The number of rotatable bonds is 5. The highest BCUT2D eigenvalue weighted by atomic mass is 16.2. The average Bonchev–Trinajstić information content (AvgIpc) is 3.29. The molecular weight excluding hydrogens is 412 g/mol. The first-order valence-corrected chi connectivity index (χ1v) is 11.8. The SMILES string of the molecule is CC1(C)CC2CC(C)(CN2C(=O)c2ccc3c(c2)ncn3CCNC(=O)c2ccccc2)C1. The number of nitrogens with zero attached hydrogens (tertiary/aromatic N) is 3. The molecule has 1 aromatic heterocycles. The molecule has 2 aromatic carbocycles. The number of nitrogens with one attached hydrogen (secondary N) is 1. The van der Waals surface area contributed by atoms with Gasteiger partial charge in [-0.25, -0.2) is 4.98 Å². The summed E-state index contributed by atoms with van der Waals surface area (Å²) in [6, 6.07) is 15.3. The van der Waals surface area contributed by atoms with Gasteiger partial charge in [-0.15, -0.1) is 0 Å². The van der Waals surface area contributed by atoms with Crippen LogP contribution in [0, 0.1) is 10.8 Å². The van der Waals surface area contributed by atoms with E-state index in [1.807, 2.05) is 41.0 Å². The molecule has 2 unspecified atom stereocenters. The van der Waals surface area contributed by atoms with Gasteiger partial charge in [-0.05, 0) is 60.4 Å². The molecule has 2 bridgehead atoms. The number of carbonyl (C=O) groups is 2. The molecule has 0 radical (unpaired) electrons. The molecule has 0 spiro atoms. The zero-order valence-corrected chi connectivity index (χ0v) is 19.7. The van der Waals surface area contributed by atoms with Crippen molar-refractivity contribution < 1.29 is 9.59 Å². The van der Waals surface area contributed by atoms with E-state index in [1.165, 1.54) is 6.42 Å². The van der Waals surface area contributed by atoms with Gasteiger partial charge >= 0.3 is 0 Å². The van der Waals surface area contributed by atoms with Crippen LogP contribution in [-0.2, 0) is 6.54 Å². The molecule has 1 saturated heterocycles. The Morgan fingerprint density at radius 3 is 2.64 bits per heavy atom. The van der Waals surface area contributed by atoms with Crippen LogP contribution in [0.4, 0.5) is 0 Å². The van der Waals surface area contributed by atoms with Gasteiger partial charge in [-0.3, -0.25) is 9.59 Å². The molecular formula is C27H32N4O2. The predicted molar refractivity (Wildman–Crippen MR) is 129 cm³/mol. The van der Waals surface area contributed by atoms with Gasteiger partial charge in [0, 0.05) is 36.8 Å². The number of likely N-dealkylation sites (tertiary alicyclic amines) is 1. The van der Waals surface area contributed by atoms with Gasteiger partial charge < -0.3 is 14.8 Å². The van der Waals surface area contributed by atoms with Crippen molar-refractivity contribution in [2.45, 2.75) is 52.6 Å². The molecule has 1 N–H and O–H groups in total. The number of benzene rings is 2. The molecule has 1 aliphatic carbocycles. The monoisotopic (exact) mass is 444 g/mol. The maximum atomic E-state index is 13.4. The van der Waals surface area contributed by atoms with E-state index in [4.69, 9.17) is 0 Å². The second kappa shape index (κ2) is 8.01. The van der Waals surface area contributed by atoms with Crippen LogP contribution in [0.1, 0.15) is 60.7 Å². The quantitative estimate of drug-likeness (QED) is 0.630. The topological polar surface area (TPSA) is 67.2 Å². The Labute approximate surface area is 195 Å². The molecule has 5 rings (SSSR count). The summed E-state index contributed by atoms with van der Waals surface area (Å²) in [5.74, 6) is 0.0357. The molecule has 2 amide bonds. The minimum atomic E-state index is -0.0828. The maximum absolute atomic E-state index is 13.4. The van der Waals surface area contributed by atoms with Crippen LogP contribution in [-0.4, -0.2) is 45.4 Å². The fourth-order valence-electron chi connectivity index (χ4n) is 6.22. The van der Waals surface area contributed by atoms with E-state index in [2.05, 4.69) is 36.0 Å². The van der Waals surface area contributed by atoms with E-state index in [9.17, 15) is 9.59 Å². The van der Waals surface area contributed by atoms with Gasteiger partial charge in [0.15, 0.2) is 0 Å². The van der Waals surface area contributed by atoms with Gasteiger partial charge in [0.05, 0.1) is 17.4 Å². The Morgan fingerprint density at radius 1 is 1.06 bits per heavy atom. The van der Waals surface area contributed by atoms with Crippen LogP contribution < -0.4 is 5.32 Å². The van der Waals surface area contributed by atoms with Gasteiger partial charge in [0.1, 0.15) is 0 Å². The molecule has 6 heteroatoms. The number of imidazole rings is 1. The van der Waals surface area contributed by atoms with Crippen molar-refractivity contribution >= 4 is 22.8 Å². The first-order valence-electron chi connectivity index (χ1n) is 11.8. The Balaban J connectivity index is 1.27. The minimum Gasteiger partial charge on any atom is -0.350 e. The molecule has 1 saturated carbocycles. The van der Waals surface area contributed by atoms with E-state index in [-0.39, 0.29) is 22.6 Å². The first kappa shape index (κ1) is 21.7. The van der Waals surface area contributed by atoms with E-state index in [0.717, 1.165) is 30.4 Å². The number of amides is 2. The summed E-state index contributed by atoms with van der Waals surface area (Å²) in [5.41, 5.74) is 3.64. The fraction of sp³-hybridized carbons (Fsp3) is 0.444. The fourth-order valence-corrected chi connectivity index (χ4v) is 6.22. The molecule has 2 fully saturated rings. The van der Waals surface area contributed by atoms with Gasteiger partial charge in [0.2, 0.25) is 0 Å². The van der Waals surface area contributed by atoms with Crippen molar-refractivity contribution in [3.8, 4) is 0 Å². The molecule has 2 heterocycles. The lowest BCUT2D eigenvalue weighted by atomic mass is 9.65. The Kier molecular flexibility index (Phi) is 5.26. The van der Waals surface area contributed by atoms with Crippen LogP contribution in [0.25, 0.3) is 11.0 Å². The third-order valence-corrected chi connectivity index (χ3v) is 7.22. The van der Waals surface area contributed by atoms with E-state index in [1.54, 1.807) is 18.5 Å². The molecule has 33 heavy (non-hydrogen) atoms. The highest BCUT2D eigenvalue weighted by Gasteiger charge is 2.51. The minimum absolute atomic E-state index is 0.0828. The highest BCUT2D eigenvalue weighted by Crippen LogP contribution is 2.52. The number of fused-ring (bicyclic) bond motifs is 3. The third-order valence-electron chi connectivity index (χ3n) is 7.22. The Morgan fingerprint density at radius 2 is 1.85 bits per heavy atom. The predicted octanol–water partition coefficient (Wildman–Crippen LogP) is 4.51. The first-order chi connectivity index (χ1) is 15.7. The number of hydrogen-bond acceptors (Lipinski definition) is 3. The molecule has 2 atom stereocenters. The number of hydrogen-bond donors (Lipinski definition) is 1. The molecule has 2 aliphatic rings. The zero-order valence-electron chi connectivity index (χ0n) is 19.7. The van der Waals surface area contributed by atoms with Crippen molar-refractivity contribution in [2.75, 3.05) is 13.1 Å². The third kappa shape index (κ3) is 4.26. The Hall–Kier alpha value is -3.15. The Bertz CT molecular complexity index is 1200. The highest BCUT2D eigenvalue weighted by molar-refractivity contribution is 5.98. The summed E-state index contributed by atoms with van der Waals surface area (Å²) in [7, 11) is 0. The summed E-state index contributed by atoms with van der Waals surface area (Å²) >= 11 is 0. The van der Waals surface area contributed by atoms with Crippen LogP contribution in [0.15, 0.2) is 54.9 Å². The largest absolute Gasteiger partial charge is 0.350 e. The van der Waals surface area contributed by atoms with Crippen molar-refractivity contribution in [1.82, 2.24) is 19.8 Å². The lowest BCUT2D eigenvalue weighted by Gasteiger charge is -2.39. The van der Waals surface area contributed by atoms with Crippen molar-refractivity contribution in [3.05, 3.63) is 66.0 Å². The zero-order chi connectivity index (χ0) is 23.2. The molecule has 3 aromatic rings. The summed E-state index contributed by atoms with van der Waals surface area (Å²) in [5, 5.41) is 2.95. The summed E-state index contributed by atoms with van der Waals surface area (Å²) in [6.07, 6.45) is 5.12. The summed E-state index contributed by atoms with van der Waals surface area (Å²) < 4.78 is 2.02. The molecule has 172 valence electrons. The van der Waals surface area contributed by atoms with Crippen LogP contribution in [0.3, 0.4) is 0 Å².